The maximum absolute atomic E-state index is 12.1. The van der Waals surface area contributed by atoms with Gasteiger partial charge in [0.2, 0.25) is 0 Å². The van der Waals surface area contributed by atoms with E-state index in [4.69, 9.17) is 5.11 Å². The predicted molar refractivity (Wildman–Crippen MR) is 47.1 cm³/mol. The van der Waals surface area contributed by atoms with Gasteiger partial charge in [0, 0.05) is 0 Å². The zero-order chi connectivity index (χ0) is 13.3. The van der Waals surface area contributed by atoms with Crippen LogP contribution in [0, 0.1) is 0 Å². The Hall–Kier alpha value is -1.24. The Labute approximate surface area is 92.7 Å². The van der Waals surface area contributed by atoms with Crippen molar-refractivity contribution in [2.24, 2.45) is 0 Å². The van der Waals surface area contributed by atoms with Crippen LogP contribution < -0.4 is 0 Å². The van der Waals surface area contributed by atoms with Crippen LogP contribution in [0.1, 0.15) is 23.7 Å². The first kappa shape index (κ1) is 13.8. The second kappa shape index (κ2) is 4.56. The molecule has 0 bridgehead atoms. The van der Waals surface area contributed by atoms with Crippen LogP contribution in [0.15, 0.2) is 24.3 Å². The average molecular weight is 258 g/mol. The molecule has 0 aromatic heterocycles. The smallest absolute Gasteiger partial charge is 0.388 e. The Balaban J connectivity index is 2.81. The fourth-order valence-corrected chi connectivity index (χ4v) is 1.23. The molecule has 0 aliphatic carbocycles. The normalized spacial score (nSPS) is 14.8. The van der Waals surface area contributed by atoms with E-state index in [1.54, 1.807) is 0 Å². The number of hydrogen-bond acceptors (Lipinski definition) is 1. The van der Waals surface area contributed by atoms with Crippen molar-refractivity contribution >= 4 is 0 Å². The highest BCUT2D eigenvalue weighted by Gasteiger charge is 2.33. The Morgan fingerprint density at radius 1 is 0.941 bits per heavy atom. The van der Waals surface area contributed by atoms with Crippen molar-refractivity contribution in [3.05, 3.63) is 35.4 Å². The van der Waals surface area contributed by atoms with Crippen molar-refractivity contribution in [1.29, 1.82) is 0 Å². The summed E-state index contributed by atoms with van der Waals surface area (Å²) in [5, 5.41) is 9.15. The van der Waals surface area contributed by atoms with Crippen molar-refractivity contribution in [2.75, 3.05) is 0 Å². The van der Waals surface area contributed by atoms with E-state index in [1.807, 2.05) is 0 Å². The van der Waals surface area contributed by atoms with E-state index in [-0.39, 0.29) is 5.56 Å². The van der Waals surface area contributed by atoms with E-state index in [0.717, 1.165) is 12.1 Å². The average Bonchev–Trinajstić information content (AvgIpc) is 2.14. The monoisotopic (exact) mass is 258 g/mol. The zero-order valence-electron chi connectivity index (χ0n) is 8.31. The zero-order valence-corrected chi connectivity index (χ0v) is 8.31. The topological polar surface area (TPSA) is 20.2 Å². The molecule has 0 spiro atoms. The summed E-state index contributed by atoms with van der Waals surface area (Å²) >= 11 is 0. The minimum absolute atomic E-state index is 0.199. The van der Waals surface area contributed by atoms with E-state index < -0.39 is 30.4 Å². The summed E-state index contributed by atoms with van der Waals surface area (Å²) in [6, 6.07) is 2.93. The van der Waals surface area contributed by atoms with Crippen LogP contribution in [0.5, 0.6) is 0 Å². The van der Waals surface area contributed by atoms with Crippen LogP contribution in [0.25, 0.3) is 0 Å². The molecular weight excluding hydrogens is 250 g/mol. The van der Waals surface area contributed by atoms with Gasteiger partial charge in [-0.1, -0.05) is 12.1 Å². The van der Waals surface area contributed by atoms with E-state index in [9.17, 15) is 26.3 Å². The molecule has 0 saturated heterocycles. The first-order valence-electron chi connectivity index (χ1n) is 4.51. The molecule has 1 aromatic rings. The molecule has 96 valence electrons. The number of rotatable bonds is 2. The van der Waals surface area contributed by atoms with E-state index in [0.29, 0.717) is 12.1 Å². The quantitative estimate of drug-likeness (QED) is 0.802. The maximum Gasteiger partial charge on any atom is 0.416 e. The molecule has 7 heteroatoms. The molecular formula is C10H8F6O. The van der Waals surface area contributed by atoms with Gasteiger partial charge < -0.3 is 5.11 Å². The molecule has 0 amide bonds. The lowest BCUT2D eigenvalue weighted by Crippen LogP contribution is -2.14. The van der Waals surface area contributed by atoms with E-state index in [2.05, 4.69) is 0 Å². The second-order valence-corrected chi connectivity index (χ2v) is 3.45. The summed E-state index contributed by atoms with van der Waals surface area (Å²) in [6.45, 7) is 0. The third-order valence-corrected chi connectivity index (χ3v) is 2.05. The highest BCUT2D eigenvalue weighted by atomic mass is 19.4. The molecule has 0 aliphatic heterocycles. The van der Waals surface area contributed by atoms with Crippen LogP contribution in [0.4, 0.5) is 26.3 Å². The van der Waals surface area contributed by atoms with Gasteiger partial charge in [-0.2, -0.15) is 26.3 Å². The third kappa shape index (κ3) is 4.26. The van der Waals surface area contributed by atoms with Crippen LogP contribution in [0.3, 0.4) is 0 Å². The Bertz CT molecular complexity index is 364. The lowest BCUT2D eigenvalue weighted by atomic mass is 10.0. The highest BCUT2D eigenvalue weighted by Crippen LogP contribution is 2.32. The lowest BCUT2D eigenvalue weighted by Gasteiger charge is -2.14. The Morgan fingerprint density at radius 2 is 1.41 bits per heavy atom. The van der Waals surface area contributed by atoms with Gasteiger partial charge in [0.1, 0.15) is 0 Å². The van der Waals surface area contributed by atoms with Crippen LogP contribution in [0.2, 0.25) is 0 Å². The molecule has 0 heterocycles. The fourth-order valence-electron chi connectivity index (χ4n) is 1.23. The summed E-state index contributed by atoms with van der Waals surface area (Å²) in [6.07, 6.45) is -12.5. The largest absolute Gasteiger partial charge is 0.416 e. The summed E-state index contributed by atoms with van der Waals surface area (Å²) in [5.74, 6) is 0. The van der Waals surface area contributed by atoms with Gasteiger partial charge in [-0.15, -0.1) is 0 Å². The van der Waals surface area contributed by atoms with Gasteiger partial charge in [-0.05, 0) is 17.7 Å². The summed E-state index contributed by atoms with van der Waals surface area (Å²) in [4.78, 5) is 0. The van der Waals surface area contributed by atoms with Crippen LogP contribution >= 0.6 is 0 Å². The predicted octanol–water partition coefficient (Wildman–Crippen LogP) is 3.69. The van der Waals surface area contributed by atoms with Crippen molar-refractivity contribution in [3.63, 3.8) is 0 Å². The molecule has 0 saturated carbocycles. The maximum atomic E-state index is 12.1. The van der Waals surface area contributed by atoms with Gasteiger partial charge >= 0.3 is 12.4 Å². The standard InChI is InChI=1S/C10H8F6O/c11-9(12,13)5-8(17)6-1-3-7(4-2-6)10(14,15)16/h1-4,8,17H,5H2. The van der Waals surface area contributed by atoms with Crippen molar-refractivity contribution in [3.8, 4) is 0 Å². The number of halogens is 6. The van der Waals surface area contributed by atoms with Crippen molar-refractivity contribution < 1.29 is 31.4 Å². The SMILES string of the molecule is OC(CC(F)(F)F)c1ccc(C(F)(F)F)cc1. The number of alkyl halides is 6. The molecule has 0 aliphatic rings. The molecule has 1 atom stereocenters. The van der Waals surface area contributed by atoms with E-state index in [1.165, 1.54) is 0 Å². The van der Waals surface area contributed by atoms with Gasteiger partial charge in [0.05, 0.1) is 18.1 Å². The number of aliphatic hydroxyl groups is 1. The minimum atomic E-state index is -4.57. The first-order valence-corrected chi connectivity index (χ1v) is 4.51. The number of aliphatic hydroxyl groups excluding tert-OH is 1. The fraction of sp³-hybridized carbons (Fsp3) is 0.400. The van der Waals surface area contributed by atoms with Gasteiger partial charge in [-0.25, -0.2) is 0 Å². The Kier molecular flexibility index (Phi) is 3.71. The van der Waals surface area contributed by atoms with Crippen molar-refractivity contribution in [2.45, 2.75) is 24.9 Å². The van der Waals surface area contributed by atoms with Crippen LogP contribution in [-0.4, -0.2) is 11.3 Å². The first-order chi connectivity index (χ1) is 7.59. The minimum Gasteiger partial charge on any atom is -0.388 e. The lowest BCUT2D eigenvalue weighted by molar-refractivity contribution is -0.154. The number of benzene rings is 1. The summed E-state index contributed by atoms with van der Waals surface area (Å²) in [7, 11) is 0. The Morgan fingerprint density at radius 3 is 1.76 bits per heavy atom. The molecule has 1 aromatic carbocycles. The van der Waals surface area contributed by atoms with Gasteiger partial charge in [0.25, 0.3) is 0 Å². The number of hydrogen-bond donors (Lipinski definition) is 1. The molecule has 17 heavy (non-hydrogen) atoms. The summed E-state index contributed by atoms with van der Waals surface area (Å²) in [5.41, 5.74) is -1.17. The molecule has 1 rings (SSSR count). The molecule has 1 unspecified atom stereocenters. The molecule has 0 radical (unpaired) electrons. The third-order valence-electron chi connectivity index (χ3n) is 2.05. The van der Waals surface area contributed by atoms with E-state index >= 15 is 0 Å². The molecule has 1 N–H and O–H groups in total. The second-order valence-electron chi connectivity index (χ2n) is 3.45. The van der Waals surface area contributed by atoms with Crippen LogP contribution in [-0.2, 0) is 6.18 Å². The molecule has 0 fully saturated rings. The van der Waals surface area contributed by atoms with Gasteiger partial charge in [-0.3, -0.25) is 0 Å². The summed E-state index contributed by atoms with van der Waals surface area (Å²) < 4.78 is 72.2. The molecule has 1 nitrogen and oxygen atoms in total. The highest BCUT2D eigenvalue weighted by molar-refractivity contribution is 5.26. The van der Waals surface area contributed by atoms with Crippen molar-refractivity contribution in [1.82, 2.24) is 0 Å². The van der Waals surface area contributed by atoms with Gasteiger partial charge in [0.15, 0.2) is 0 Å².